The van der Waals surface area contributed by atoms with Crippen molar-refractivity contribution < 1.29 is 13.9 Å². The number of rotatable bonds is 3. The number of pyridine rings is 1. The minimum absolute atomic E-state index is 0.252. The van der Waals surface area contributed by atoms with Crippen LogP contribution in [0.15, 0.2) is 47.1 Å². The first-order chi connectivity index (χ1) is 7.75. The Morgan fingerprint density at radius 3 is 2.62 bits per heavy atom. The predicted molar refractivity (Wildman–Crippen MR) is 57.2 cm³/mol. The molecule has 0 amide bonds. The van der Waals surface area contributed by atoms with Gasteiger partial charge in [-0.25, -0.2) is 0 Å². The normalized spacial score (nSPS) is 10.8. The quantitative estimate of drug-likeness (QED) is 0.449. The number of furan rings is 1. The molecule has 0 unspecified atom stereocenters. The van der Waals surface area contributed by atoms with Gasteiger partial charge in [0.1, 0.15) is 10.7 Å². The molecule has 2 rings (SSSR count). The van der Waals surface area contributed by atoms with E-state index in [0.29, 0.717) is 5.76 Å². The molecule has 16 heavy (non-hydrogen) atoms. The fourth-order valence-corrected chi connectivity index (χ4v) is 1.20. The third-order valence-corrected chi connectivity index (χ3v) is 1.94. The summed E-state index contributed by atoms with van der Waals surface area (Å²) in [6.45, 7) is 0. The van der Waals surface area contributed by atoms with E-state index in [1.165, 1.54) is 6.07 Å². The first-order valence-corrected chi connectivity index (χ1v) is 4.64. The molecule has 0 saturated carbocycles. The summed E-state index contributed by atoms with van der Waals surface area (Å²) >= 11 is 0. The van der Waals surface area contributed by atoms with E-state index in [1.807, 2.05) is 35.2 Å². The Morgan fingerprint density at radius 2 is 2.00 bits per heavy atom. The van der Waals surface area contributed by atoms with Crippen molar-refractivity contribution in [3.05, 3.63) is 58.6 Å². The lowest BCUT2D eigenvalue weighted by molar-refractivity contribution is -0.567. The van der Waals surface area contributed by atoms with Crippen molar-refractivity contribution in [2.45, 2.75) is 0 Å². The maximum absolute atomic E-state index is 10.4. The van der Waals surface area contributed by atoms with Crippen LogP contribution in [0.5, 0.6) is 0 Å². The Balaban J connectivity index is 2.15. The molecule has 0 aliphatic rings. The summed E-state index contributed by atoms with van der Waals surface area (Å²) in [7, 11) is 0. The molecule has 0 aliphatic carbocycles. The van der Waals surface area contributed by atoms with Gasteiger partial charge < -0.3 is 4.42 Å². The average molecular weight is 217 g/mol. The zero-order chi connectivity index (χ0) is 11.4. The highest BCUT2D eigenvalue weighted by Gasteiger charge is 2.10. The fraction of sp³-hybridized carbons (Fsp3) is 0. The van der Waals surface area contributed by atoms with E-state index < -0.39 is 4.92 Å². The second kappa shape index (κ2) is 4.39. The van der Waals surface area contributed by atoms with Crippen molar-refractivity contribution in [3.63, 3.8) is 0 Å². The van der Waals surface area contributed by atoms with Crippen LogP contribution in [-0.4, -0.2) is 4.92 Å². The Kier molecular flexibility index (Phi) is 2.77. The van der Waals surface area contributed by atoms with Gasteiger partial charge in [-0.15, -0.1) is 0 Å². The number of hydrogen-bond acceptors (Lipinski definition) is 3. The molecule has 0 radical (unpaired) electrons. The van der Waals surface area contributed by atoms with Crippen molar-refractivity contribution in [3.8, 4) is 0 Å². The Bertz CT molecular complexity index is 517. The smallest absolute Gasteiger partial charge is 0.401 e. The van der Waals surface area contributed by atoms with Gasteiger partial charge in [0, 0.05) is 18.2 Å². The Morgan fingerprint density at radius 1 is 1.25 bits per heavy atom. The number of nitrogens with zero attached hydrogens (tertiary/aromatic N) is 2. The van der Waals surface area contributed by atoms with Crippen LogP contribution in [0.3, 0.4) is 0 Å². The van der Waals surface area contributed by atoms with Gasteiger partial charge >= 0.3 is 5.88 Å². The highest BCUT2D eigenvalue weighted by atomic mass is 16.6. The predicted octanol–water partition coefficient (Wildman–Crippen LogP) is 2.10. The molecular formula is C11H9N2O3+. The van der Waals surface area contributed by atoms with E-state index in [0.717, 1.165) is 0 Å². The molecule has 0 aromatic carbocycles. The van der Waals surface area contributed by atoms with Gasteiger partial charge in [-0.2, -0.15) is 4.57 Å². The van der Waals surface area contributed by atoms with Crippen LogP contribution in [0.2, 0.25) is 0 Å². The van der Waals surface area contributed by atoms with E-state index in [4.69, 9.17) is 4.42 Å². The van der Waals surface area contributed by atoms with E-state index in [1.54, 1.807) is 18.3 Å². The molecule has 0 saturated heterocycles. The van der Waals surface area contributed by atoms with Crippen molar-refractivity contribution in [1.29, 1.82) is 0 Å². The molecule has 0 spiro atoms. The van der Waals surface area contributed by atoms with E-state index in [9.17, 15) is 10.1 Å². The lowest BCUT2D eigenvalue weighted by Gasteiger charge is -1.84. The zero-order valence-electron chi connectivity index (χ0n) is 8.32. The zero-order valence-corrected chi connectivity index (χ0v) is 8.32. The lowest BCUT2D eigenvalue weighted by Crippen LogP contribution is -2.23. The molecule has 0 atom stereocenters. The van der Waals surface area contributed by atoms with Crippen molar-refractivity contribution in [2.24, 2.45) is 0 Å². The number of nitro groups is 1. The molecule has 0 fully saturated rings. The summed E-state index contributed by atoms with van der Waals surface area (Å²) in [6, 6.07) is 8.55. The summed E-state index contributed by atoms with van der Waals surface area (Å²) in [5.74, 6) is 0.195. The molecular weight excluding hydrogens is 208 g/mol. The van der Waals surface area contributed by atoms with E-state index >= 15 is 0 Å². The van der Waals surface area contributed by atoms with Gasteiger partial charge in [0.2, 0.25) is 0 Å². The maximum Gasteiger partial charge on any atom is 0.433 e. The molecule has 80 valence electrons. The SMILES string of the molecule is O=[N+]([O-])c1ccc(C=C[n+]2ccccc2)o1. The highest BCUT2D eigenvalue weighted by molar-refractivity contribution is 5.52. The van der Waals surface area contributed by atoms with Gasteiger partial charge in [0.15, 0.2) is 18.6 Å². The summed E-state index contributed by atoms with van der Waals surface area (Å²) in [4.78, 5) is 9.81. The molecule has 2 heterocycles. The molecule has 0 aliphatic heterocycles. The Labute approximate surface area is 91.4 Å². The van der Waals surface area contributed by atoms with Crippen LogP contribution >= 0.6 is 0 Å². The monoisotopic (exact) mass is 217 g/mol. The van der Waals surface area contributed by atoms with Crippen molar-refractivity contribution >= 4 is 18.2 Å². The molecule has 2 aromatic rings. The fourth-order valence-electron chi connectivity index (χ4n) is 1.20. The maximum atomic E-state index is 10.4. The average Bonchev–Trinajstić information content (AvgIpc) is 2.76. The number of hydrogen-bond donors (Lipinski definition) is 0. The largest absolute Gasteiger partial charge is 0.433 e. The summed E-state index contributed by atoms with van der Waals surface area (Å²) < 4.78 is 6.78. The molecule has 2 aromatic heterocycles. The first-order valence-electron chi connectivity index (χ1n) is 4.64. The van der Waals surface area contributed by atoms with E-state index in [2.05, 4.69) is 0 Å². The van der Waals surface area contributed by atoms with Crippen LogP contribution in [0.4, 0.5) is 5.88 Å². The first kappa shape index (κ1) is 10.1. The highest BCUT2D eigenvalue weighted by Crippen LogP contribution is 2.16. The molecule has 0 N–H and O–H groups in total. The third-order valence-electron chi connectivity index (χ3n) is 1.94. The van der Waals surface area contributed by atoms with Gasteiger partial charge in [0.05, 0.1) is 6.07 Å². The van der Waals surface area contributed by atoms with Crippen LogP contribution in [0.25, 0.3) is 12.3 Å². The van der Waals surface area contributed by atoms with Gasteiger partial charge in [-0.1, -0.05) is 6.07 Å². The second-order valence-corrected chi connectivity index (χ2v) is 3.07. The van der Waals surface area contributed by atoms with Crippen LogP contribution < -0.4 is 4.57 Å². The van der Waals surface area contributed by atoms with Gasteiger partial charge in [0.25, 0.3) is 0 Å². The van der Waals surface area contributed by atoms with Gasteiger partial charge in [-0.3, -0.25) is 10.1 Å². The van der Waals surface area contributed by atoms with Crippen LogP contribution in [0.1, 0.15) is 5.76 Å². The van der Waals surface area contributed by atoms with Crippen LogP contribution in [-0.2, 0) is 0 Å². The summed E-state index contributed by atoms with van der Waals surface area (Å²) in [6.07, 6.45) is 7.12. The standard InChI is InChI=1S/C11H9N2O3/c14-13(15)11-5-4-10(16-11)6-9-12-7-2-1-3-8-12/h1-9H/q+1. The number of aromatic nitrogens is 1. The van der Waals surface area contributed by atoms with Crippen molar-refractivity contribution in [2.75, 3.05) is 0 Å². The minimum Gasteiger partial charge on any atom is -0.401 e. The van der Waals surface area contributed by atoms with Gasteiger partial charge in [-0.05, 0) is 6.07 Å². The molecule has 0 bridgehead atoms. The summed E-state index contributed by atoms with van der Waals surface area (Å²) in [5.41, 5.74) is 0. The van der Waals surface area contributed by atoms with Crippen LogP contribution in [0, 0.1) is 10.1 Å². The molecule has 5 heteroatoms. The van der Waals surface area contributed by atoms with E-state index in [-0.39, 0.29) is 5.88 Å². The van der Waals surface area contributed by atoms with Crippen molar-refractivity contribution in [1.82, 2.24) is 0 Å². The minimum atomic E-state index is -0.562. The Hall–Kier alpha value is -2.43. The summed E-state index contributed by atoms with van der Waals surface area (Å²) in [5, 5.41) is 10.4. The molecule has 5 nitrogen and oxygen atoms in total. The topological polar surface area (TPSA) is 60.2 Å². The second-order valence-electron chi connectivity index (χ2n) is 3.07. The lowest BCUT2D eigenvalue weighted by atomic mass is 10.4. The third kappa shape index (κ3) is 2.33.